The molecular formula is C23H30ClN3O. The molecule has 0 aliphatic carbocycles. The fourth-order valence-electron chi connectivity index (χ4n) is 3.64. The standard InChI is InChI=1S/C23H30ClN3O/c1-18-4-3-5-22(19(18)2)27-16-14-26(15-17-27)13-11-23(28)25-12-10-20-6-8-21(24)9-7-20/h3-9H,10-17H2,1-2H3,(H,25,28). The molecule has 4 nitrogen and oxygen atoms in total. The minimum absolute atomic E-state index is 0.130. The second kappa shape index (κ2) is 9.94. The van der Waals surface area contributed by atoms with Gasteiger partial charge in [-0.3, -0.25) is 9.69 Å². The van der Waals surface area contributed by atoms with Crippen LogP contribution >= 0.6 is 11.6 Å². The summed E-state index contributed by atoms with van der Waals surface area (Å²) in [5, 5.41) is 3.77. The highest BCUT2D eigenvalue weighted by molar-refractivity contribution is 6.30. The van der Waals surface area contributed by atoms with Gasteiger partial charge < -0.3 is 10.2 Å². The van der Waals surface area contributed by atoms with Gasteiger partial charge in [0.25, 0.3) is 0 Å². The van der Waals surface area contributed by atoms with Crippen LogP contribution in [-0.2, 0) is 11.2 Å². The predicted octanol–water partition coefficient (Wildman–Crippen LogP) is 3.83. The molecule has 0 unspecified atom stereocenters. The predicted molar refractivity (Wildman–Crippen MR) is 117 cm³/mol. The van der Waals surface area contributed by atoms with E-state index in [1.54, 1.807) is 0 Å². The molecule has 2 aromatic rings. The highest BCUT2D eigenvalue weighted by Crippen LogP contribution is 2.23. The number of halogens is 1. The number of benzene rings is 2. The lowest BCUT2D eigenvalue weighted by molar-refractivity contribution is -0.121. The van der Waals surface area contributed by atoms with Crippen LogP contribution in [0, 0.1) is 13.8 Å². The summed E-state index contributed by atoms with van der Waals surface area (Å²) in [6, 6.07) is 14.3. The summed E-state index contributed by atoms with van der Waals surface area (Å²) >= 11 is 5.89. The summed E-state index contributed by atoms with van der Waals surface area (Å²) in [6.07, 6.45) is 1.39. The van der Waals surface area contributed by atoms with Crippen molar-refractivity contribution in [3.05, 3.63) is 64.2 Å². The van der Waals surface area contributed by atoms with Crippen molar-refractivity contribution in [1.29, 1.82) is 0 Å². The number of aryl methyl sites for hydroxylation is 1. The molecule has 0 bridgehead atoms. The quantitative estimate of drug-likeness (QED) is 0.768. The largest absolute Gasteiger partial charge is 0.369 e. The molecule has 150 valence electrons. The molecule has 1 saturated heterocycles. The summed E-state index contributed by atoms with van der Waals surface area (Å²) in [4.78, 5) is 17.0. The van der Waals surface area contributed by atoms with Gasteiger partial charge in [0, 0.05) is 56.4 Å². The van der Waals surface area contributed by atoms with Crippen molar-refractivity contribution in [2.75, 3.05) is 44.2 Å². The van der Waals surface area contributed by atoms with Crippen molar-refractivity contribution in [2.24, 2.45) is 0 Å². The Morgan fingerprint density at radius 1 is 1.04 bits per heavy atom. The Hall–Kier alpha value is -2.04. The molecule has 0 saturated carbocycles. The molecule has 1 fully saturated rings. The van der Waals surface area contributed by atoms with Gasteiger partial charge in [-0.05, 0) is 55.2 Å². The van der Waals surface area contributed by atoms with Crippen LogP contribution in [0.25, 0.3) is 0 Å². The Morgan fingerprint density at radius 2 is 1.75 bits per heavy atom. The van der Waals surface area contributed by atoms with E-state index in [-0.39, 0.29) is 5.91 Å². The van der Waals surface area contributed by atoms with Crippen LogP contribution in [0.15, 0.2) is 42.5 Å². The number of piperazine rings is 1. The van der Waals surface area contributed by atoms with Crippen molar-refractivity contribution in [2.45, 2.75) is 26.7 Å². The van der Waals surface area contributed by atoms with Gasteiger partial charge in [-0.1, -0.05) is 35.9 Å². The second-order valence-corrected chi connectivity index (χ2v) is 7.96. The molecule has 1 aliphatic rings. The Kier molecular flexibility index (Phi) is 7.35. The van der Waals surface area contributed by atoms with E-state index in [9.17, 15) is 4.79 Å². The third kappa shape index (κ3) is 5.73. The first kappa shape index (κ1) is 20.7. The fourth-order valence-corrected chi connectivity index (χ4v) is 3.76. The van der Waals surface area contributed by atoms with Gasteiger partial charge >= 0.3 is 0 Å². The van der Waals surface area contributed by atoms with Crippen LogP contribution in [0.1, 0.15) is 23.1 Å². The van der Waals surface area contributed by atoms with E-state index in [1.165, 1.54) is 22.4 Å². The van der Waals surface area contributed by atoms with Gasteiger partial charge in [-0.25, -0.2) is 0 Å². The maximum Gasteiger partial charge on any atom is 0.221 e. The first-order valence-electron chi connectivity index (χ1n) is 10.1. The smallest absolute Gasteiger partial charge is 0.221 e. The van der Waals surface area contributed by atoms with Crippen molar-refractivity contribution < 1.29 is 4.79 Å². The van der Waals surface area contributed by atoms with Crippen molar-refractivity contribution in [3.63, 3.8) is 0 Å². The lowest BCUT2D eigenvalue weighted by atomic mass is 10.1. The SMILES string of the molecule is Cc1cccc(N2CCN(CCC(=O)NCCc3ccc(Cl)cc3)CC2)c1C. The molecule has 1 aliphatic heterocycles. The van der Waals surface area contributed by atoms with Gasteiger partial charge in [-0.2, -0.15) is 0 Å². The number of nitrogens with zero attached hydrogens (tertiary/aromatic N) is 2. The lowest BCUT2D eigenvalue weighted by Crippen LogP contribution is -2.47. The van der Waals surface area contributed by atoms with Crippen LogP contribution in [0.2, 0.25) is 5.02 Å². The number of carbonyl (C=O) groups is 1. The minimum atomic E-state index is 0.130. The van der Waals surface area contributed by atoms with E-state index in [0.717, 1.165) is 44.2 Å². The Labute approximate surface area is 173 Å². The third-order valence-electron chi connectivity index (χ3n) is 5.59. The average molecular weight is 400 g/mol. The van der Waals surface area contributed by atoms with Gasteiger partial charge in [0.05, 0.1) is 0 Å². The molecule has 0 radical (unpaired) electrons. The summed E-state index contributed by atoms with van der Waals surface area (Å²) in [7, 11) is 0. The maximum atomic E-state index is 12.1. The highest BCUT2D eigenvalue weighted by Gasteiger charge is 2.19. The zero-order chi connectivity index (χ0) is 19.9. The number of hydrogen-bond donors (Lipinski definition) is 1. The van der Waals surface area contributed by atoms with E-state index >= 15 is 0 Å². The highest BCUT2D eigenvalue weighted by atomic mass is 35.5. The van der Waals surface area contributed by atoms with E-state index < -0.39 is 0 Å². The first-order valence-corrected chi connectivity index (χ1v) is 10.5. The van der Waals surface area contributed by atoms with Crippen molar-refractivity contribution in [1.82, 2.24) is 10.2 Å². The van der Waals surface area contributed by atoms with Crippen LogP contribution in [-0.4, -0.2) is 50.1 Å². The van der Waals surface area contributed by atoms with Gasteiger partial charge in [0.2, 0.25) is 5.91 Å². The minimum Gasteiger partial charge on any atom is -0.369 e. The zero-order valence-corrected chi connectivity index (χ0v) is 17.6. The summed E-state index contributed by atoms with van der Waals surface area (Å²) in [5.41, 5.74) is 5.25. The normalized spacial score (nSPS) is 14.9. The molecular weight excluding hydrogens is 370 g/mol. The second-order valence-electron chi connectivity index (χ2n) is 7.52. The molecule has 2 aromatic carbocycles. The Balaban J connectivity index is 1.35. The lowest BCUT2D eigenvalue weighted by Gasteiger charge is -2.37. The number of nitrogens with one attached hydrogen (secondary N) is 1. The fraction of sp³-hybridized carbons (Fsp3) is 0.435. The molecule has 0 aromatic heterocycles. The topological polar surface area (TPSA) is 35.6 Å². The van der Waals surface area contributed by atoms with E-state index in [2.05, 4.69) is 47.2 Å². The maximum absolute atomic E-state index is 12.1. The van der Waals surface area contributed by atoms with Crippen molar-refractivity contribution in [3.8, 4) is 0 Å². The molecule has 0 atom stereocenters. The first-order chi connectivity index (χ1) is 13.5. The molecule has 0 spiro atoms. The Morgan fingerprint density at radius 3 is 2.46 bits per heavy atom. The molecule has 28 heavy (non-hydrogen) atoms. The summed E-state index contributed by atoms with van der Waals surface area (Å²) in [5.74, 6) is 0.130. The van der Waals surface area contributed by atoms with Crippen LogP contribution < -0.4 is 10.2 Å². The van der Waals surface area contributed by atoms with Crippen LogP contribution in [0.3, 0.4) is 0 Å². The molecule has 3 rings (SSSR count). The third-order valence-corrected chi connectivity index (χ3v) is 5.85. The number of carbonyl (C=O) groups excluding carboxylic acids is 1. The Bertz CT molecular complexity index is 783. The molecule has 1 N–H and O–H groups in total. The molecule has 1 amide bonds. The van der Waals surface area contributed by atoms with E-state index in [0.29, 0.717) is 13.0 Å². The van der Waals surface area contributed by atoms with Crippen molar-refractivity contribution >= 4 is 23.2 Å². The van der Waals surface area contributed by atoms with E-state index in [1.807, 2.05) is 24.3 Å². The van der Waals surface area contributed by atoms with E-state index in [4.69, 9.17) is 11.6 Å². The number of hydrogen-bond acceptors (Lipinski definition) is 3. The van der Waals surface area contributed by atoms with Gasteiger partial charge in [-0.15, -0.1) is 0 Å². The average Bonchev–Trinajstić information content (AvgIpc) is 2.70. The summed E-state index contributed by atoms with van der Waals surface area (Å²) in [6.45, 7) is 9.90. The zero-order valence-electron chi connectivity index (χ0n) is 16.9. The molecule has 1 heterocycles. The van der Waals surface area contributed by atoms with Gasteiger partial charge in [0.15, 0.2) is 0 Å². The number of rotatable bonds is 7. The summed E-state index contributed by atoms with van der Waals surface area (Å²) < 4.78 is 0. The number of anilines is 1. The molecule has 5 heteroatoms. The van der Waals surface area contributed by atoms with Crippen LogP contribution in [0.4, 0.5) is 5.69 Å². The monoisotopic (exact) mass is 399 g/mol. The number of amides is 1. The van der Waals surface area contributed by atoms with Gasteiger partial charge in [0.1, 0.15) is 0 Å². The van der Waals surface area contributed by atoms with Crippen LogP contribution in [0.5, 0.6) is 0 Å².